The van der Waals surface area contributed by atoms with Crippen LogP contribution in [0.2, 0.25) is 0 Å². The zero-order valence-electron chi connectivity index (χ0n) is 14.6. The molecule has 1 aliphatic heterocycles. The molecule has 0 unspecified atom stereocenters. The SMILES string of the molecule is COCCN1CCN([C@H]2CCC[C@@H](Oc3ccccc3)[C@@H]2O)CC1. The van der Waals surface area contributed by atoms with Gasteiger partial charge in [0.05, 0.1) is 6.61 Å². The third-order valence-electron chi connectivity index (χ3n) is 5.28. The largest absolute Gasteiger partial charge is 0.488 e. The van der Waals surface area contributed by atoms with Crippen molar-refractivity contribution in [2.24, 2.45) is 0 Å². The molecule has 0 bridgehead atoms. The summed E-state index contributed by atoms with van der Waals surface area (Å²) in [5.74, 6) is 0.853. The fourth-order valence-electron chi connectivity index (χ4n) is 3.86. The quantitative estimate of drug-likeness (QED) is 0.856. The summed E-state index contributed by atoms with van der Waals surface area (Å²) in [6.07, 6.45) is 2.60. The van der Waals surface area contributed by atoms with E-state index in [1.165, 1.54) is 0 Å². The van der Waals surface area contributed by atoms with Crippen molar-refractivity contribution in [3.63, 3.8) is 0 Å². The number of nitrogens with zero attached hydrogens (tertiary/aromatic N) is 2. The normalized spacial score (nSPS) is 29.5. The summed E-state index contributed by atoms with van der Waals surface area (Å²) in [5.41, 5.74) is 0. The number of aliphatic hydroxyl groups excluding tert-OH is 1. The molecule has 1 heterocycles. The Kier molecular flexibility index (Phi) is 6.49. The second-order valence-electron chi connectivity index (χ2n) is 6.83. The van der Waals surface area contributed by atoms with Crippen molar-refractivity contribution in [2.75, 3.05) is 46.4 Å². The van der Waals surface area contributed by atoms with Crippen LogP contribution in [0, 0.1) is 0 Å². The van der Waals surface area contributed by atoms with Gasteiger partial charge in [-0.1, -0.05) is 18.2 Å². The van der Waals surface area contributed by atoms with Gasteiger partial charge in [0.15, 0.2) is 0 Å². The van der Waals surface area contributed by atoms with Gasteiger partial charge < -0.3 is 14.6 Å². The summed E-state index contributed by atoms with van der Waals surface area (Å²) in [6.45, 7) is 5.93. The van der Waals surface area contributed by atoms with Crippen LogP contribution in [0.15, 0.2) is 30.3 Å². The van der Waals surface area contributed by atoms with Gasteiger partial charge in [-0.15, -0.1) is 0 Å². The van der Waals surface area contributed by atoms with E-state index in [1.54, 1.807) is 7.11 Å². The van der Waals surface area contributed by atoms with Crippen LogP contribution < -0.4 is 4.74 Å². The summed E-state index contributed by atoms with van der Waals surface area (Å²) in [4.78, 5) is 4.89. The molecule has 134 valence electrons. The van der Waals surface area contributed by atoms with E-state index in [-0.39, 0.29) is 12.1 Å². The minimum Gasteiger partial charge on any atom is -0.488 e. The highest BCUT2D eigenvalue weighted by Crippen LogP contribution is 2.28. The molecule has 3 rings (SSSR count). The monoisotopic (exact) mass is 334 g/mol. The Morgan fingerprint density at radius 1 is 1.08 bits per heavy atom. The molecule has 0 spiro atoms. The maximum Gasteiger partial charge on any atom is 0.126 e. The first-order valence-electron chi connectivity index (χ1n) is 9.13. The second-order valence-corrected chi connectivity index (χ2v) is 6.83. The Bertz CT molecular complexity index is 477. The van der Waals surface area contributed by atoms with E-state index in [0.717, 1.165) is 64.3 Å². The van der Waals surface area contributed by atoms with Gasteiger partial charge in [-0.2, -0.15) is 0 Å². The predicted molar refractivity (Wildman–Crippen MR) is 94.4 cm³/mol. The highest BCUT2D eigenvalue weighted by Gasteiger charge is 2.37. The smallest absolute Gasteiger partial charge is 0.126 e. The van der Waals surface area contributed by atoms with E-state index >= 15 is 0 Å². The Morgan fingerprint density at radius 3 is 2.54 bits per heavy atom. The molecule has 5 heteroatoms. The summed E-state index contributed by atoms with van der Waals surface area (Å²) in [7, 11) is 1.75. The number of hydrogen-bond donors (Lipinski definition) is 1. The van der Waals surface area contributed by atoms with Gasteiger partial charge in [0.1, 0.15) is 18.0 Å². The van der Waals surface area contributed by atoms with Crippen molar-refractivity contribution in [3.8, 4) is 5.75 Å². The van der Waals surface area contributed by atoms with Crippen LogP contribution in [-0.4, -0.2) is 79.6 Å². The number of ether oxygens (including phenoxy) is 2. The molecule has 1 saturated heterocycles. The van der Waals surface area contributed by atoms with E-state index in [9.17, 15) is 5.11 Å². The standard InChI is InChI=1S/C19H30N2O3/c1-23-15-14-20-10-12-21(13-11-20)17-8-5-9-18(19(17)22)24-16-6-3-2-4-7-16/h2-4,6-7,17-19,22H,5,8-15H2,1H3/t17-,18+,19+/m0/s1. The van der Waals surface area contributed by atoms with Gasteiger partial charge in [-0.3, -0.25) is 9.80 Å². The van der Waals surface area contributed by atoms with Crippen LogP contribution in [0.25, 0.3) is 0 Å². The Morgan fingerprint density at radius 2 is 1.83 bits per heavy atom. The Labute approximate surface area is 145 Å². The van der Waals surface area contributed by atoms with E-state index in [1.807, 2.05) is 30.3 Å². The van der Waals surface area contributed by atoms with Gasteiger partial charge in [0.25, 0.3) is 0 Å². The minimum atomic E-state index is -0.413. The third-order valence-corrected chi connectivity index (χ3v) is 5.28. The van der Waals surface area contributed by atoms with Crippen LogP contribution in [0.3, 0.4) is 0 Å². The average molecular weight is 334 g/mol. The van der Waals surface area contributed by atoms with Crippen molar-refractivity contribution in [3.05, 3.63) is 30.3 Å². The Balaban J connectivity index is 1.52. The van der Waals surface area contributed by atoms with Gasteiger partial charge in [0, 0.05) is 45.9 Å². The average Bonchev–Trinajstić information content (AvgIpc) is 2.63. The number of rotatable bonds is 6. The minimum absolute atomic E-state index is 0.0994. The topological polar surface area (TPSA) is 45.2 Å². The lowest BCUT2D eigenvalue weighted by molar-refractivity contribution is -0.0640. The van der Waals surface area contributed by atoms with Crippen molar-refractivity contribution < 1.29 is 14.6 Å². The van der Waals surface area contributed by atoms with Crippen LogP contribution >= 0.6 is 0 Å². The molecule has 3 atom stereocenters. The molecule has 1 aromatic carbocycles. The molecule has 24 heavy (non-hydrogen) atoms. The van der Waals surface area contributed by atoms with Crippen molar-refractivity contribution >= 4 is 0 Å². The van der Waals surface area contributed by atoms with Gasteiger partial charge in [0.2, 0.25) is 0 Å². The molecule has 1 saturated carbocycles. The first-order valence-corrected chi connectivity index (χ1v) is 9.13. The predicted octanol–water partition coefficient (Wildman–Crippen LogP) is 1.61. The zero-order valence-corrected chi connectivity index (χ0v) is 14.6. The highest BCUT2D eigenvalue weighted by atomic mass is 16.5. The lowest BCUT2D eigenvalue weighted by atomic mass is 9.88. The van der Waals surface area contributed by atoms with Crippen molar-refractivity contribution in [1.29, 1.82) is 0 Å². The molecule has 0 aromatic heterocycles. The summed E-state index contributed by atoms with van der Waals surface area (Å²) >= 11 is 0. The fraction of sp³-hybridized carbons (Fsp3) is 0.684. The van der Waals surface area contributed by atoms with Crippen LogP contribution in [-0.2, 0) is 4.74 Å². The lowest BCUT2D eigenvalue weighted by Gasteiger charge is -2.44. The van der Waals surface area contributed by atoms with Crippen LogP contribution in [0.1, 0.15) is 19.3 Å². The van der Waals surface area contributed by atoms with E-state index in [4.69, 9.17) is 9.47 Å². The number of piperazine rings is 1. The number of aliphatic hydroxyl groups is 1. The molecule has 2 aliphatic rings. The molecule has 1 aliphatic carbocycles. The summed E-state index contributed by atoms with van der Waals surface area (Å²) in [5, 5.41) is 10.8. The number of para-hydroxylation sites is 1. The molecule has 0 radical (unpaired) electrons. The molecule has 1 N–H and O–H groups in total. The number of methoxy groups -OCH3 is 1. The highest BCUT2D eigenvalue weighted by molar-refractivity contribution is 5.21. The molecule has 1 aromatic rings. The van der Waals surface area contributed by atoms with Crippen molar-refractivity contribution in [2.45, 2.75) is 37.5 Å². The maximum atomic E-state index is 10.8. The second kappa shape index (κ2) is 8.81. The first-order chi connectivity index (χ1) is 11.8. The number of hydrogen-bond acceptors (Lipinski definition) is 5. The maximum absolute atomic E-state index is 10.8. The third kappa shape index (κ3) is 4.48. The summed E-state index contributed by atoms with van der Waals surface area (Å²) < 4.78 is 11.2. The van der Waals surface area contributed by atoms with Gasteiger partial charge in [-0.25, -0.2) is 0 Å². The fourth-order valence-corrected chi connectivity index (χ4v) is 3.86. The molecular weight excluding hydrogens is 304 g/mol. The Hall–Kier alpha value is -1.14. The number of benzene rings is 1. The van der Waals surface area contributed by atoms with E-state index < -0.39 is 6.10 Å². The molecule has 2 fully saturated rings. The zero-order chi connectivity index (χ0) is 16.8. The van der Waals surface area contributed by atoms with E-state index in [0.29, 0.717) is 0 Å². The molecule has 0 amide bonds. The van der Waals surface area contributed by atoms with E-state index in [2.05, 4.69) is 9.80 Å². The van der Waals surface area contributed by atoms with Gasteiger partial charge in [-0.05, 0) is 31.4 Å². The lowest BCUT2D eigenvalue weighted by Crippen LogP contribution is -2.58. The molecule has 5 nitrogen and oxygen atoms in total. The van der Waals surface area contributed by atoms with Crippen LogP contribution in [0.5, 0.6) is 5.75 Å². The van der Waals surface area contributed by atoms with Crippen molar-refractivity contribution in [1.82, 2.24) is 9.80 Å². The first kappa shape index (κ1) is 17.7. The summed E-state index contributed by atoms with van der Waals surface area (Å²) in [6, 6.07) is 10.1. The van der Waals surface area contributed by atoms with Crippen LogP contribution in [0.4, 0.5) is 0 Å². The molecular formula is C19H30N2O3. The van der Waals surface area contributed by atoms with Gasteiger partial charge >= 0.3 is 0 Å².